The molecule has 0 aromatic rings. The van der Waals surface area contributed by atoms with Gasteiger partial charge in [-0.1, -0.05) is 20.3 Å². The van der Waals surface area contributed by atoms with Crippen LogP contribution >= 0.6 is 0 Å². The fourth-order valence-corrected chi connectivity index (χ4v) is 2.11. The van der Waals surface area contributed by atoms with Gasteiger partial charge in [-0.25, -0.2) is 0 Å². The van der Waals surface area contributed by atoms with E-state index in [9.17, 15) is 0 Å². The summed E-state index contributed by atoms with van der Waals surface area (Å²) in [5, 5.41) is 3.44. The Kier molecular flexibility index (Phi) is 5.49. The number of piperidine rings is 1. The molecular weight excluding hydrogens is 174 g/mol. The van der Waals surface area contributed by atoms with Crippen molar-refractivity contribution in [2.75, 3.05) is 13.2 Å². The van der Waals surface area contributed by atoms with Gasteiger partial charge in [-0.2, -0.15) is 0 Å². The third-order valence-electron chi connectivity index (χ3n) is 2.97. The maximum Gasteiger partial charge on any atom is 0.0602 e. The first-order valence-electron chi connectivity index (χ1n) is 6.07. The summed E-state index contributed by atoms with van der Waals surface area (Å²) in [6.45, 7) is 8.83. The van der Waals surface area contributed by atoms with Gasteiger partial charge in [0.25, 0.3) is 0 Å². The number of nitrogens with one attached hydrogen (secondary N) is 1. The second-order valence-corrected chi connectivity index (χ2v) is 4.73. The first kappa shape index (κ1) is 12.0. The Morgan fingerprint density at radius 1 is 1.50 bits per heavy atom. The lowest BCUT2D eigenvalue weighted by Gasteiger charge is -2.28. The number of rotatable bonds is 5. The summed E-state index contributed by atoms with van der Waals surface area (Å²) in [7, 11) is 0. The fraction of sp³-hybridized carbons (Fsp3) is 1.00. The van der Waals surface area contributed by atoms with Gasteiger partial charge in [0.1, 0.15) is 0 Å². The van der Waals surface area contributed by atoms with Crippen LogP contribution in [0, 0.1) is 5.92 Å². The largest absolute Gasteiger partial charge is 0.378 e. The van der Waals surface area contributed by atoms with Crippen LogP contribution in [0.4, 0.5) is 0 Å². The van der Waals surface area contributed by atoms with Crippen LogP contribution in [-0.4, -0.2) is 25.3 Å². The smallest absolute Gasteiger partial charge is 0.0602 e. The van der Waals surface area contributed by atoms with Crippen LogP contribution in [0.5, 0.6) is 0 Å². The molecule has 3 atom stereocenters. The van der Waals surface area contributed by atoms with Crippen molar-refractivity contribution in [2.45, 2.75) is 58.6 Å². The van der Waals surface area contributed by atoms with Gasteiger partial charge < -0.3 is 10.1 Å². The maximum absolute atomic E-state index is 5.93. The maximum atomic E-state index is 5.93. The first-order valence-corrected chi connectivity index (χ1v) is 6.07. The van der Waals surface area contributed by atoms with Gasteiger partial charge in [-0.3, -0.25) is 0 Å². The van der Waals surface area contributed by atoms with Crippen molar-refractivity contribution in [3.63, 3.8) is 0 Å². The van der Waals surface area contributed by atoms with Crippen LogP contribution in [0.3, 0.4) is 0 Å². The SMILES string of the molecule is CCCC(C)COC1CCNC(C)C1. The van der Waals surface area contributed by atoms with Gasteiger partial charge in [0.15, 0.2) is 0 Å². The van der Waals surface area contributed by atoms with Crippen molar-refractivity contribution in [2.24, 2.45) is 5.92 Å². The Labute approximate surface area is 88.4 Å². The summed E-state index contributed by atoms with van der Waals surface area (Å²) < 4.78 is 5.93. The lowest BCUT2D eigenvalue weighted by molar-refractivity contribution is 0.00563. The second kappa shape index (κ2) is 6.41. The van der Waals surface area contributed by atoms with Crippen LogP contribution in [0.2, 0.25) is 0 Å². The van der Waals surface area contributed by atoms with Crippen molar-refractivity contribution in [1.29, 1.82) is 0 Å². The van der Waals surface area contributed by atoms with Gasteiger partial charge in [-0.05, 0) is 38.6 Å². The average Bonchev–Trinajstić information content (AvgIpc) is 2.15. The monoisotopic (exact) mass is 199 g/mol. The molecule has 84 valence electrons. The van der Waals surface area contributed by atoms with Crippen LogP contribution in [-0.2, 0) is 4.74 Å². The van der Waals surface area contributed by atoms with E-state index in [2.05, 4.69) is 26.1 Å². The average molecular weight is 199 g/mol. The zero-order valence-electron chi connectivity index (χ0n) is 9.88. The van der Waals surface area contributed by atoms with E-state index >= 15 is 0 Å². The molecule has 1 rings (SSSR count). The molecule has 1 N–H and O–H groups in total. The summed E-state index contributed by atoms with van der Waals surface area (Å²) in [5.74, 6) is 0.727. The highest BCUT2D eigenvalue weighted by Crippen LogP contribution is 2.14. The van der Waals surface area contributed by atoms with Gasteiger partial charge in [0.05, 0.1) is 6.10 Å². The normalized spacial score (nSPS) is 30.2. The highest BCUT2D eigenvalue weighted by atomic mass is 16.5. The molecule has 0 radical (unpaired) electrons. The van der Waals surface area contributed by atoms with Crippen molar-refractivity contribution >= 4 is 0 Å². The summed E-state index contributed by atoms with van der Waals surface area (Å²) >= 11 is 0. The molecule has 2 nitrogen and oxygen atoms in total. The molecule has 0 bridgehead atoms. The molecule has 2 heteroatoms. The Hall–Kier alpha value is -0.0800. The van der Waals surface area contributed by atoms with Crippen molar-refractivity contribution in [3.8, 4) is 0 Å². The molecule has 1 heterocycles. The Morgan fingerprint density at radius 3 is 2.93 bits per heavy atom. The molecule has 0 aromatic carbocycles. The number of ether oxygens (including phenoxy) is 1. The van der Waals surface area contributed by atoms with Crippen molar-refractivity contribution in [3.05, 3.63) is 0 Å². The number of hydrogen-bond acceptors (Lipinski definition) is 2. The summed E-state index contributed by atoms with van der Waals surface area (Å²) in [5.41, 5.74) is 0. The number of hydrogen-bond donors (Lipinski definition) is 1. The molecule has 1 fully saturated rings. The molecule has 0 saturated carbocycles. The van der Waals surface area contributed by atoms with Crippen LogP contribution in [0.1, 0.15) is 46.5 Å². The van der Waals surface area contributed by atoms with E-state index in [0.717, 1.165) is 19.1 Å². The minimum absolute atomic E-state index is 0.505. The van der Waals surface area contributed by atoms with Crippen LogP contribution in [0.15, 0.2) is 0 Å². The standard InChI is InChI=1S/C12H25NO/c1-4-5-10(2)9-14-12-6-7-13-11(3)8-12/h10-13H,4-9H2,1-3H3. The molecule has 0 aliphatic carbocycles. The van der Waals surface area contributed by atoms with E-state index in [1.54, 1.807) is 0 Å². The quantitative estimate of drug-likeness (QED) is 0.735. The highest BCUT2D eigenvalue weighted by Gasteiger charge is 2.18. The van der Waals surface area contributed by atoms with E-state index in [0.29, 0.717) is 12.1 Å². The molecule has 1 aliphatic heterocycles. The van der Waals surface area contributed by atoms with E-state index < -0.39 is 0 Å². The van der Waals surface area contributed by atoms with E-state index in [1.165, 1.54) is 25.7 Å². The van der Waals surface area contributed by atoms with Crippen molar-refractivity contribution in [1.82, 2.24) is 5.32 Å². The summed E-state index contributed by atoms with van der Waals surface area (Å²) in [6, 6.07) is 0.634. The topological polar surface area (TPSA) is 21.3 Å². The van der Waals surface area contributed by atoms with Crippen LogP contribution in [0.25, 0.3) is 0 Å². The predicted molar refractivity (Wildman–Crippen MR) is 60.5 cm³/mol. The van der Waals surface area contributed by atoms with Gasteiger partial charge >= 0.3 is 0 Å². The molecule has 0 spiro atoms. The molecule has 1 aliphatic rings. The highest BCUT2D eigenvalue weighted by molar-refractivity contribution is 4.75. The molecule has 0 aromatic heterocycles. The van der Waals surface area contributed by atoms with Crippen LogP contribution < -0.4 is 5.32 Å². The second-order valence-electron chi connectivity index (χ2n) is 4.73. The Balaban J connectivity index is 2.10. The first-order chi connectivity index (χ1) is 6.72. The van der Waals surface area contributed by atoms with E-state index in [4.69, 9.17) is 4.74 Å². The van der Waals surface area contributed by atoms with Gasteiger partial charge in [0, 0.05) is 12.6 Å². The fourth-order valence-electron chi connectivity index (χ4n) is 2.11. The molecule has 1 saturated heterocycles. The minimum atomic E-state index is 0.505. The molecular formula is C12H25NO. The predicted octanol–water partition coefficient (Wildman–Crippen LogP) is 2.58. The summed E-state index contributed by atoms with van der Waals surface area (Å²) in [6.07, 6.45) is 5.43. The lowest BCUT2D eigenvalue weighted by Crippen LogP contribution is -2.39. The summed E-state index contributed by atoms with van der Waals surface area (Å²) in [4.78, 5) is 0. The molecule has 14 heavy (non-hydrogen) atoms. The molecule has 0 amide bonds. The molecule has 3 unspecified atom stereocenters. The Bertz CT molecular complexity index is 149. The van der Waals surface area contributed by atoms with E-state index in [1.807, 2.05) is 0 Å². The minimum Gasteiger partial charge on any atom is -0.378 e. The third-order valence-corrected chi connectivity index (χ3v) is 2.97. The van der Waals surface area contributed by atoms with E-state index in [-0.39, 0.29) is 0 Å². The Morgan fingerprint density at radius 2 is 2.29 bits per heavy atom. The third kappa shape index (κ3) is 4.43. The van der Waals surface area contributed by atoms with Crippen molar-refractivity contribution < 1.29 is 4.74 Å². The van der Waals surface area contributed by atoms with Gasteiger partial charge in [0.2, 0.25) is 0 Å². The lowest BCUT2D eigenvalue weighted by atomic mass is 10.0. The zero-order chi connectivity index (χ0) is 10.4. The van der Waals surface area contributed by atoms with Gasteiger partial charge in [-0.15, -0.1) is 0 Å². The zero-order valence-corrected chi connectivity index (χ0v) is 9.88.